The van der Waals surface area contributed by atoms with E-state index in [1.165, 1.54) is 0 Å². The zero-order valence-corrected chi connectivity index (χ0v) is 3.65. The fourth-order valence-corrected chi connectivity index (χ4v) is 0.715. The third-order valence-corrected chi connectivity index (χ3v) is 1.11. The van der Waals surface area contributed by atoms with Gasteiger partial charge in [0.15, 0.2) is 0 Å². The van der Waals surface area contributed by atoms with Crippen LogP contribution >= 0.6 is 0 Å². The third-order valence-electron chi connectivity index (χ3n) is 1.11. The number of hydrogen-bond donors (Lipinski definition) is 0. The van der Waals surface area contributed by atoms with Crippen LogP contribution in [-0.2, 0) is 0 Å². The molecule has 1 fully saturated rings. The SMILES string of the molecule is FC1C[CH]CC1. The minimum Gasteiger partial charge on any atom is -0.247 e. The fourth-order valence-electron chi connectivity index (χ4n) is 0.715. The van der Waals surface area contributed by atoms with Gasteiger partial charge in [-0.15, -0.1) is 0 Å². The first-order chi connectivity index (χ1) is 2.89. The van der Waals surface area contributed by atoms with Crippen LogP contribution in [0.2, 0.25) is 0 Å². The van der Waals surface area contributed by atoms with Crippen molar-refractivity contribution in [2.45, 2.75) is 25.4 Å². The molecule has 0 N–H and O–H groups in total. The Hall–Kier alpha value is -0.0700. The zero-order valence-electron chi connectivity index (χ0n) is 3.65. The molecule has 1 heteroatoms. The lowest BCUT2D eigenvalue weighted by Gasteiger charge is -1.86. The van der Waals surface area contributed by atoms with Crippen molar-refractivity contribution in [2.75, 3.05) is 0 Å². The van der Waals surface area contributed by atoms with E-state index in [4.69, 9.17) is 0 Å². The topological polar surface area (TPSA) is 0 Å². The lowest BCUT2D eigenvalue weighted by molar-refractivity contribution is 0.347. The number of rotatable bonds is 0. The molecule has 0 nitrogen and oxygen atoms in total. The van der Waals surface area contributed by atoms with Gasteiger partial charge in [-0.1, -0.05) is 0 Å². The highest BCUT2D eigenvalue weighted by Crippen LogP contribution is 2.18. The predicted octanol–water partition coefficient (Wildman–Crippen LogP) is 1.71. The highest BCUT2D eigenvalue weighted by molar-refractivity contribution is 4.79. The summed E-state index contributed by atoms with van der Waals surface area (Å²) in [5, 5.41) is 0. The second-order valence-corrected chi connectivity index (χ2v) is 1.70. The van der Waals surface area contributed by atoms with Gasteiger partial charge in [0.2, 0.25) is 0 Å². The van der Waals surface area contributed by atoms with E-state index in [0.29, 0.717) is 6.42 Å². The van der Waals surface area contributed by atoms with E-state index in [1.54, 1.807) is 0 Å². The largest absolute Gasteiger partial charge is 0.247 e. The maximum Gasteiger partial charge on any atom is 0.100 e. The Morgan fingerprint density at radius 2 is 2.50 bits per heavy atom. The average Bonchev–Trinajstić information content (AvgIpc) is 1.86. The second-order valence-electron chi connectivity index (χ2n) is 1.70. The molecule has 1 aliphatic rings. The predicted molar refractivity (Wildman–Crippen MR) is 23.0 cm³/mol. The van der Waals surface area contributed by atoms with Crippen molar-refractivity contribution < 1.29 is 4.39 Å². The van der Waals surface area contributed by atoms with E-state index in [0.717, 1.165) is 12.8 Å². The van der Waals surface area contributed by atoms with E-state index < -0.39 is 6.17 Å². The molecule has 0 saturated heterocycles. The smallest absolute Gasteiger partial charge is 0.100 e. The summed E-state index contributed by atoms with van der Waals surface area (Å²) in [6, 6.07) is 0. The quantitative estimate of drug-likeness (QED) is 0.422. The van der Waals surface area contributed by atoms with Crippen LogP contribution in [0.1, 0.15) is 19.3 Å². The summed E-state index contributed by atoms with van der Waals surface area (Å²) in [7, 11) is 0. The molecular weight excluding hydrogens is 79.1 g/mol. The van der Waals surface area contributed by atoms with Crippen LogP contribution in [0.4, 0.5) is 4.39 Å². The Balaban J connectivity index is 2.18. The monoisotopic (exact) mass is 87.1 g/mol. The molecule has 0 aromatic heterocycles. The summed E-state index contributed by atoms with van der Waals surface area (Å²) in [5.41, 5.74) is 0. The molecule has 6 heavy (non-hydrogen) atoms. The minimum absolute atomic E-state index is 0.509. The van der Waals surface area contributed by atoms with Gasteiger partial charge in [0, 0.05) is 0 Å². The van der Waals surface area contributed by atoms with Gasteiger partial charge in [-0.25, -0.2) is 4.39 Å². The molecule has 1 unspecified atom stereocenters. The molecule has 1 atom stereocenters. The highest BCUT2D eigenvalue weighted by Gasteiger charge is 2.11. The molecule has 0 spiro atoms. The Morgan fingerprint density at radius 1 is 1.67 bits per heavy atom. The van der Waals surface area contributed by atoms with Gasteiger partial charge in [0.1, 0.15) is 6.17 Å². The van der Waals surface area contributed by atoms with E-state index >= 15 is 0 Å². The lowest BCUT2D eigenvalue weighted by atomic mass is 10.3. The maximum atomic E-state index is 11.9. The van der Waals surface area contributed by atoms with Crippen molar-refractivity contribution in [1.82, 2.24) is 0 Å². The van der Waals surface area contributed by atoms with Crippen LogP contribution in [0.3, 0.4) is 0 Å². The molecule has 1 aliphatic carbocycles. The number of alkyl halides is 1. The summed E-state index contributed by atoms with van der Waals surface area (Å²) in [6.07, 6.45) is 3.94. The Morgan fingerprint density at radius 3 is 2.67 bits per heavy atom. The number of hydrogen-bond acceptors (Lipinski definition) is 0. The average molecular weight is 87.1 g/mol. The lowest BCUT2D eigenvalue weighted by Crippen LogP contribution is -1.85. The molecule has 0 bridgehead atoms. The van der Waals surface area contributed by atoms with Gasteiger partial charge in [-0.2, -0.15) is 0 Å². The van der Waals surface area contributed by atoms with Crippen LogP contribution in [0, 0.1) is 6.42 Å². The summed E-state index contributed by atoms with van der Waals surface area (Å²) in [6.45, 7) is 0. The van der Waals surface area contributed by atoms with E-state index in [1.807, 2.05) is 6.42 Å². The van der Waals surface area contributed by atoms with Gasteiger partial charge in [-0.05, 0) is 25.7 Å². The Bertz CT molecular complexity index is 37.2. The first kappa shape index (κ1) is 4.10. The van der Waals surface area contributed by atoms with Crippen LogP contribution < -0.4 is 0 Å². The third kappa shape index (κ3) is 0.703. The van der Waals surface area contributed by atoms with Crippen molar-refractivity contribution in [3.8, 4) is 0 Å². The second kappa shape index (κ2) is 1.59. The normalized spacial score (nSPS) is 25.5. The van der Waals surface area contributed by atoms with Crippen LogP contribution in [0.15, 0.2) is 0 Å². The van der Waals surface area contributed by atoms with Crippen LogP contribution in [0.5, 0.6) is 0 Å². The Labute approximate surface area is 37.4 Å². The minimum atomic E-state index is -0.509. The summed E-state index contributed by atoms with van der Waals surface area (Å²) < 4.78 is 11.9. The van der Waals surface area contributed by atoms with Crippen LogP contribution in [-0.4, -0.2) is 6.17 Å². The van der Waals surface area contributed by atoms with Gasteiger partial charge in [0.25, 0.3) is 0 Å². The molecule has 0 aromatic carbocycles. The van der Waals surface area contributed by atoms with Gasteiger partial charge >= 0.3 is 0 Å². The van der Waals surface area contributed by atoms with Crippen LogP contribution in [0.25, 0.3) is 0 Å². The first-order valence-electron chi connectivity index (χ1n) is 2.35. The molecular formula is C5H8F. The number of halogens is 1. The van der Waals surface area contributed by atoms with Crippen molar-refractivity contribution in [3.05, 3.63) is 6.42 Å². The molecule has 0 aliphatic heterocycles. The van der Waals surface area contributed by atoms with Crippen molar-refractivity contribution in [3.63, 3.8) is 0 Å². The van der Waals surface area contributed by atoms with Crippen molar-refractivity contribution in [1.29, 1.82) is 0 Å². The molecule has 1 radical (unpaired) electrons. The van der Waals surface area contributed by atoms with Gasteiger partial charge in [0.05, 0.1) is 0 Å². The molecule has 35 valence electrons. The van der Waals surface area contributed by atoms with E-state index in [-0.39, 0.29) is 0 Å². The summed E-state index contributed by atoms with van der Waals surface area (Å²) in [4.78, 5) is 0. The molecule has 0 aromatic rings. The molecule has 1 rings (SSSR count). The summed E-state index contributed by atoms with van der Waals surface area (Å²) in [5.74, 6) is 0. The molecule has 0 amide bonds. The maximum absolute atomic E-state index is 11.9. The standard InChI is InChI=1S/C5H8F/c6-5-3-1-2-4-5/h1,5H,2-4H2. The fraction of sp³-hybridized carbons (Fsp3) is 0.800. The van der Waals surface area contributed by atoms with E-state index in [2.05, 4.69) is 0 Å². The summed E-state index contributed by atoms with van der Waals surface area (Å²) >= 11 is 0. The van der Waals surface area contributed by atoms with Crippen molar-refractivity contribution in [2.24, 2.45) is 0 Å². The zero-order chi connectivity index (χ0) is 4.41. The molecule has 0 heterocycles. The van der Waals surface area contributed by atoms with Gasteiger partial charge < -0.3 is 0 Å². The molecule has 1 saturated carbocycles. The Kier molecular flexibility index (Phi) is 1.08. The highest BCUT2D eigenvalue weighted by atomic mass is 19.1. The van der Waals surface area contributed by atoms with Gasteiger partial charge in [-0.3, -0.25) is 0 Å². The van der Waals surface area contributed by atoms with Crippen molar-refractivity contribution >= 4 is 0 Å². The first-order valence-corrected chi connectivity index (χ1v) is 2.35. The van der Waals surface area contributed by atoms with E-state index in [9.17, 15) is 4.39 Å².